The van der Waals surface area contributed by atoms with E-state index in [1.807, 2.05) is 50.4 Å². The van der Waals surface area contributed by atoms with Gasteiger partial charge in [-0.25, -0.2) is 9.78 Å². The molecule has 0 atom stereocenters. The average Bonchev–Trinajstić information content (AvgIpc) is 3.16. The van der Waals surface area contributed by atoms with Crippen LogP contribution in [0.1, 0.15) is 48.3 Å². The number of thiophene rings is 1. The fourth-order valence-electron chi connectivity index (χ4n) is 2.92. The first-order chi connectivity index (χ1) is 15.3. The summed E-state index contributed by atoms with van der Waals surface area (Å²) in [7, 11) is 0. The number of aromatic amines is 1. The van der Waals surface area contributed by atoms with Gasteiger partial charge in [0.2, 0.25) is 5.91 Å². The van der Waals surface area contributed by atoms with Gasteiger partial charge in [-0.2, -0.15) is 0 Å². The third-order valence-electron chi connectivity index (χ3n) is 4.56. The molecule has 0 unspecified atom stereocenters. The number of nitrogens with zero attached hydrogens (tertiary/aromatic N) is 1. The van der Waals surface area contributed by atoms with Crippen molar-refractivity contribution in [3.05, 3.63) is 62.9 Å². The van der Waals surface area contributed by atoms with E-state index in [0.29, 0.717) is 27.0 Å². The molecule has 0 fully saturated rings. The van der Waals surface area contributed by atoms with Crippen LogP contribution >= 0.6 is 23.1 Å². The highest BCUT2D eigenvalue weighted by Crippen LogP contribution is 2.36. The van der Waals surface area contributed by atoms with Crippen molar-refractivity contribution in [2.45, 2.75) is 38.8 Å². The minimum atomic E-state index is -0.483. The van der Waals surface area contributed by atoms with Crippen LogP contribution in [-0.2, 0) is 9.53 Å². The van der Waals surface area contributed by atoms with Crippen molar-refractivity contribution >= 4 is 40.0 Å². The molecule has 0 saturated heterocycles. The number of aromatic nitrogens is 2. The van der Waals surface area contributed by atoms with Gasteiger partial charge in [-0.3, -0.25) is 9.59 Å². The molecular weight excluding hydrogens is 446 g/mol. The molecule has 3 rings (SSSR count). The van der Waals surface area contributed by atoms with E-state index in [4.69, 9.17) is 4.74 Å². The van der Waals surface area contributed by atoms with Crippen molar-refractivity contribution in [1.82, 2.24) is 9.97 Å². The first-order valence-corrected chi connectivity index (χ1v) is 12.0. The minimum absolute atomic E-state index is 0.0323. The number of esters is 1. The molecule has 1 amide bonds. The standard InChI is InChI=1S/C23H25N3O4S2/c1-5-30-22(29)20-16(15-8-6-14(4)7-9-15)11-31-21(20)25-19(28)12-32-23-24-17(13(2)3)10-18(27)26-23/h6-11,13H,5,12H2,1-4H3,(H,25,28)(H,24,26,27). The second-order valence-electron chi connectivity index (χ2n) is 7.41. The molecule has 168 valence electrons. The Bertz CT molecular complexity index is 1170. The summed E-state index contributed by atoms with van der Waals surface area (Å²) < 4.78 is 5.23. The maximum Gasteiger partial charge on any atom is 0.341 e. The molecule has 32 heavy (non-hydrogen) atoms. The summed E-state index contributed by atoms with van der Waals surface area (Å²) in [4.78, 5) is 44.1. The van der Waals surface area contributed by atoms with Crippen molar-refractivity contribution < 1.29 is 14.3 Å². The zero-order valence-electron chi connectivity index (χ0n) is 18.4. The number of benzene rings is 1. The van der Waals surface area contributed by atoms with Gasteiger partial charge in [-0.1, -0.05) is 55.4 Å². The summed E-state index contributed by atoms with van der Waals surface area (Å²) >= 11 is 2.41. The number of aryl methyl sites for hydroxylation is 1. The lowest BCUT2D eigenvalue weighted by Gasteiger charge is -2.09. The van der Waals surface area contributed by atoms with Gasteiger partial charge < -0.3 is 15.0 Å². The van der Waals surface area contributed by atoms with Crippen molar-refractivity contribution in [3.8, 4) is 11.1 Å². The smallest absolute Gasteiger partial charge is 0.341 e. The molecule has 9 heteroatoms. The predicted octanol–water partition coefficient (Wildman–Crippen LogP) is 4.84. The topological polar surface area (TPSA) is 101 Å². The van der Waals surface area contributed by atoms with Crippen LogP contribution in [0.5, 0.6) is 0 Å². The molecule has 0 bridgehead atoms. The molecule has 0 aliphatic carbocycles. The van der Waals surface area contributed by atoms with Crippen molar-refractivity contribution in [2.75, 3.05) is 17.7 Å². The molecule has 0 aliphatic heterocycles. The normalized spacial score (nSPS) is 10.9. The van der Waals surface area contributed by atoms with Crippen LogP contribution in [0, 0.1) is 6.92 Å². The third kappa shape index (κ3) is 5.86. The van der Waals surface area contributed by atoms with Gasteiger partial charge in [-0.05, 0) is 25.3 Å². The Morgan fingerprint density at radius 1 is 1.25 bits per heavy atom. The molecule has 0 saturated carbocycles. The lowest BCUT2D eigenvalue weighted by molar-refractivity contribution is -0.113. The van der Waals surface area contributed by atoms with Gasteiger partial charge in [0.1, 0.15) is 10.6 Å². The number of carbonyl (C=O) groups excluding carboxylic acids is 2. The van der Waals surface area contributed by atoms with E-state index in [1.165, 1.54) is 17.4 Å². The Morgan fingerprint density at radius 2 is 1.97 bits per heavy atom. The molecule has 2 aromatic heterocycles. The average molecular weight is 472 g/mol. The highest BCUT2D eigenvalue weighted by molar-refractivity contribution is 7.99. The maximum atomic E-state index is 12.7. The van der Waals surface area contributed by atoms with Gasteiger partial charge in [-0.15, -0.1) is 11.3 Å². The summed E-state index contributed by atoms with van der Waals surface area (Å²) in [5.74, 6) is -0.660. The maximum absolute atomic E-state index is 12.7. The van der Waals surface area contributed by atoms with Crippen LogP contribution in [0.4, 0.5) is 5.00 Å². The summed E-state index contributed by atoms with van der Waals surface area (Å²) in [5, 5.41) is 5.47. The highest BCUT2D eigenvalue weighted by atomic mass is 32.2. The lowest BCUT2D eigenvalue weighted by atomic mass is 10.0. The molecular formula is C23H25N3O4S2. The highest BCUT2D eigenvalue weighted by Gasteiger charge is 2.23. The second kappa shape index (κ2) is 10.6. The van der Waals surface area contributed by atoms with Crippen molar-refractivity contribution in [3.63, 3.8) is 0 Å². The first-order valence-electron chi connectivity index (χ1n) is 10.2. The number of ether oxygens (including phenoxy) is 1. The van der Waals surface area contributed by atoms with Crippen LogP contribution in [-0.4, -0.2) is 34.2 Å². The minimum Gasteiger partial charge on any atom is -0.462 e. The number of hydrogen-bond donors (Lipinski definition) is 2. The zero-order chi connectivity index (χ0) is 23.3. The lowest BCUT2D eigenvalue weighted by Crippen LogP contribution is -2.17. The fraction of sp³-hybridized carbons (Fsp3) is 0.304. The van der Waals surface area contributed by atoms with Gasteiger partial charge in [0.15, 0.2) is 5.16 Å². The van der Waals surface area contributed by atoms with Gasteiger partial charge in [0.25, 0.3) is 5.56 Å². The van der Waals surface area contributed by atoms with E-state index in [0.717, 1.165) is 22.9 Å². The van der Waals surface area contributed by atoms with Crippen molar-refractivity contribution in [1.29, 1.82) is 0 Å². The Balaban J connectivity index is 1.79. The van der Waals surface area contributed by atoms with Gasteiger partial charge in [0.05, 0.1) is 18.1 Å². The van der Waals surface area contributed by atoms with E-state index in [9.17, 15) is 14.4 Å². The second-order valence-corrected chi connectivity index (χ2v) is 9.25. The number of H-pyrrole nitrogens is 1. The quantitative estimate of drug-likeness (QED) is 0.277. The van der Waals surface area contributed by atoms with E-state index in [1.54, 1.807) is 6.92 Å². The molecule has 0 spiro atoms. The van der Waals surface area contributed by atoms with Gasteiger partial charge in [0, 0.05) is 17.0 Å². The molecule has 7 nitrogen and oxygen atoms in total. The molecule has 0 radical (unpaired) electrons. The van der Waals surface area contributed by atoms with Crippen LogP contribution in [0.25, 0.3) is 11.1 Å². The third-order valence-corrected chi connectivity index (χ3v) is 6.33. The number of carbonyl (C=O) groups is 2. The van der Waals surface area contributed by atoms with E-state index in [2.05, 4.69) is 15.3 Å². The Hall–Kier alpha value is -2.91. The molecule has 2 heterocycles. The summed E-state index contributed by atoms with van der Waals surface area (Å²) in [6.07, 6.45) is 0. The number of anilines is 1. The van der Waals surface area contributed by atoms with Crippen LogP contribution in [0.15, 0.2) is 45.7 Å². The van der Waals surface area contributed by atoms with E-state index < -0.39 is 5.97 Å². The number of nitrogens with one attached hydrogen (secondary N) is 2. The number of rotatable bonds is 8. The first kappa shape index (κ1) is 23.7. The Morgan fingerprint density at radius 3 is 2.62 bits per heavy atom. The van der Waals surface area contributed by atoms with Crippen LogP contribution in [0.3, 0.4) is 0 Å². The van der Waals surface area contributed by atoms with Crippen molar-refractivity contribution in [2.24, 2.45) is 0 Å². The molecule has 1 aromatic carbocycles. The number of hydrogen-bond acceptors (Lipinski definition) is 7. The number of amides is 1. The summed E-state index contributed by atoms with van der Waals surface area (Å²) in [6.45, 7) is 7.86. The molecule has 2 N–H and O–H groups in total. The van der Waals surface area contributed by atoms with E-state index >= 15 is 0 Å². The predicted molar refractivity (Wildman–Crippen MR) is 129 cm³/mol. The molecule has 0 aliphatic rings. The fourth-order valence-corrected chi connectivity index (χ4v) is 4.57. The van der Waals surface area contributed by atoms with Crippen LogP contribution < -0.4 is 10.9 Å². The summed E-state index contributed by atoms with van der Waals surface area (Å²) in [5.41, 5.74) is 3.45. The van der Waals surface area contributed by atoms with Gasteiger partial charge >= 0.3 is 5.97 Å². The number of thioether (sulfide) groups is 1. The summed E-state index contributed by atoms with van der Waals surface area (Å²) in [6, 6.07) is 9.26. The zero-order valence-corrected chi connectivity index (χ0v) is 20.0. The Kier molecular flexibility index (Phi) is 7.87. The SMILES string of the molecule is CCOC(=O)c1c(-c2ccc(C)cc2)csc1NC(=O)CSc1nc(C(C)C)cc(=O)[nH]1. The monoisotopic (exact) mass is 471 g/mol. The molecule has 3 aromatic rings. The largest absolute Gasteiger partial charge is 0.462 e. The van der Waals surface area contributed by atoms with E-state index in [-0.39, 0.29) is 29.7 Å². The van der Waals surface area contributed by atoms with Crippen LogP contribution in [0.2, 0.25) is 0 Å². The Labute approximate surface area is 194 Å².